The summed E-state index contributed by atoms with van der Waals surface area (Å²) in [5.41, 5.74) is 4.65. The number of aromatic nitrogens is 1. The molecule has 1 aromatic heterocycles. The highest BCUT2D eigenvalue weighted by molar-refractivity contribution is 6.01. The minimum absolute atomic E-state index is 0.0382. The van der Waals surface area contributed by atoms with Gasteiger partial charge in [-0.2, -0.15) is 5.26 Å². The Morgan fingerprint density at radius 1 is 1.00 bits per heavy atom. The first-order valence-electron chi connectivity index (χ1n) is 11.2. The number of nitrogens with zero attached hydrogens (tertiary/aromatic N) is 2. The molecule has 0 aliphatic rings. The predicted octanol–water partition coefficient (Wildman–Crippen LogP) is 5.49. The van der Waals surface area contributed by atoms with Crippen LogP contribution in [0.15, 0.2) is 72.3 Å². The van der Waals surface area contributed by atoms with Gasteiger partial charge in [0.25, 0.3) is 5.91 Å². The number of nitriles is 1. The summed E-state index contributed by atoms with van der Waals surface area (Å²) in [6.07, 6.45) is 1.64. The SMILES string of the molecule is COc1ccc(CNC(=O)/C(C#N)=C/c2cc(C)n(-c3ccc4ccccc4c3)c2C)c(OC)c1. The number of amides is 1. The first-order chi connectivity index (χ1) is 16.9. The molecule has 0 aliphatic carbocycles. The molecule has 0 saturated carbocycles. The fraction of sp³-hybridized carbons (Fsp3) is 0.172. The Hall–Kier alpha value is -4.50. The normalized spacial score (nSPS) is 11.2. The van der Waals surface area contributed by atoms with Gasteiger partial charge in [-0.05, 0) is 66.6 Å². The van der Waals surface area contributed by atoms with E-state index in [2.05, 4.69) is 40.2 Å². The number of methoxy groups -OCH3 is 2. The fourth-order valence-electron chi connectivity index (χ4n) is 4.22. The van der Waals surface area contributed by atoms with Crippen molar-refractivity contribution >= 4 is 22.8 Å². The average molecular weight is 466 g/mol. The Kier molecular flexibility index (Phi) is 6.88. The third kappa shape index (κ3) is 4.90. The number of hydrogen-bond donors (Lipinski definition) is 1. The number of rotatable bonds is 7. The lowest BCUT2D eigenvalue weighted by atomic mass is 10.1. The van der Waals surface area contributed by atoms with Gasteiger partial charge in [0.15, 0.2) is 0 Å². The molecular formula is C29H27N3O3. The van der Waals surface area contributed by atoms with Crippen LogP contribution < -0.4 is 14.8 Å². The van der Waals surface area contributed by atoms with Crippen LogP contribution in [0.5, 0.6) is 11.5 Å². The maximum atomic E-state index is 12.8. The van der Waals surface area contributed by atoms with Crippen molar-refractivity contribution in [2.24, 2.45) is 0 Å². The second-order valence-electron chi connectivity index (χ2n) is 8.22. The summed E-state index contributed by atoms with van der Waals surface area (Å²) in [7, 11) is 3.14. The largest absolute Gasteiger partial charge is 0.497 e. The number of carbonyl (C=O) groups is 1. The van der Waals surface area contributed by atoms with Gasteiger partial charge in [-0.25, -0.2) is 0 Å². The molecule has 3 aromatic carbocycles. The van der Waals surface area contributed by atoms with Crippen molar-refractivity contribution in [3.63, 3.8) is 0 Å². The molecule has 176 valence electrons. The van der Waals surface area contributed by atoms with E-state index in [-0.39, 0.29) is 12.1 Å². The Morgan fingerprint density at radius 3 is 2.49 bits per heavy atom. The molecule has 0 radical (unpaired) electrons. The summed E-state index contributed by atoms with van der Waals surface area (Å²) in [6, 6.07) is 23.9. The molecule has 0 spiro atoms. The van der Waals surface area contributed by atoms with Crippen LogP contribution in [0.2, 0.25) is 0 Å². The minimum atomic E-state index is -0.444. The number of nitrogens with one attached hydrogen (secondary N) is 1. The highest BCUT2D eigenvalue weighted by Crippen LogP contribution is 2.26. The van der Waals surface area contributed by atoms with Crippen molar-refractivity contribution in [1.29, 1.82) is 5.26 Å². The first-order valence-corrected chi connectivity index (χ1v) is 11.2. The fourth-order valence-corrected chi connectivity index (χ4v) is 4.22. The molecule has 1 amide bonds. The molecule has 0 atom stereocenters. The van der Waals surface area contributed by atoms with E-state index in [9.17, 15) is 10.1 Å². The van der Waals surface area contributed by atoms with Crippen molar-refractivity contribution in [2.75, 3.05) is 14.2 Å². The van der Waals surface area contributed by atoms with Crippen LogP contribution in [-0.4, -0.2) is 24.7 Å². The van der Waals surface area contributed by atoms with Gasteiger partial charge < -0.3 is 19.4 Å². The van der Waals surface area contributed by atoms with Crippen LogP contribution in [0, 0.1) is 25.2 Å². The Labute approximate surface area is 205 Å². The number of fused-ring (bicyclic) bond motifs is 1. The van der Waals surface area contributed by atoms with Gasteiger partial charge in [0, 0.05) is 35.2 Å². The molecule has 35 heavy (non-hydrogen) atoms. The molecule has 0 saturated heterocycles. The second-order valence-corrected chi connectivity index (χ2v) is 8.22. The number of carbonyl (C=O) groups excluding carboxylic acids is 1. The summed E-state index contributed by atoms with van der Waals surface area (Å²) in [5.74, 6) is 0.822. The van der Waals surface area contributed by atoms with E-state index in [1.807, 2.05) is 44.2 Å². The van der Waals surface area contributed by atoms with Crippen LogP contribution in [0.4, 0.5) is 0 Å². The quantitative estimate of drug-likeness (QED) is 0.289. The Morgan fingerprint density at radius 2 is 1.77 bits per heavy atom. The van der Waals surface area contributed by atoms with E-state index >= 15 is 0 Å². The van der Waals surface area contributed by atoms with Crippen molar-refractivity contribution in [3.05, 3.63) is 94.8 Å². The van der Waals surface area contributed by atoms with Crippen molar-refractivity contribution in [1.82, 2.24) is 9.88 Å². The van der Waals surface area contributed by atoms with E-state index in [0.717, 1.165) is 33.6 Å². The summed E-state index contributed by atoms with van der Waals surface area (Å²) in [6.45, 7) is 4.23. The van der Waals surface area contributed by atoms with Crippen LogP contribution in [0.25, 0.3) is 22.5 Å². The molecule has 1 heterocycles. The van der Waals surface area contributed by atoms with Crippen LogP contribution in [0.1, 0.15) is 22.5 Å². The lowest BCUT2D eigenvalue weighted by Gasteiger charge is -2.11. The molecule has 6 heteroatoms. The second kappa shape index (κ2) is 10.2. The number of aryl methyl sites for hydroxylation is 1. The summed E-state index contributed by atoms with van der Waals surface area (Å²) < 4.78 is 12.7. The van der Waals surface area contributed by atoms with Gasteiger partial charge in [0.1, 0.15) is 23.1 Å². The lowest BCUT2D eigenvalue weighted by molar-refractivity contribution is -0.117. The molecule has 4 rings (SSSR count). The Balaban J connectivity index is 1.58. The van der Waals surface area contributed by atoms with Gasteiger partial charge in [-0.15, -0.1) is 0 Å². The standard InChI is InChI=1S/C29H27N3O3/c1-19-13-24(20(2)32(19)26-11-9-21-7-5-6-8-22(21)15-26)14-25(17-30)29(33)31-18-23-10-12-27(34-3)16-28(23)35-4/h5-16H,18H2,1-4H3,(H,31,33)/b25-14+. The van der Waals surface area contributed by atoms with E-state index in [1.54, 1.807) is 32.4 Å². The molecular weight excluding hydrogens is 438 g/mol. The lowest BCUT2D eigenvalue weighted by Crippen LogP contribution is -2.24. The molecule has 1 N–H and O–H groups in total. The maximum Gasteiger partial charge on any atom is 0.262 e. The zero-order valence-corrected chi connectivity index (χ0v) is 20.3. The highest BCUT2D eigenvalue weighted by Gasteiger charge is 2.15. The Bertz CT molecular complexity index is 1470. The smallest absolute Gasteiger partial charge is 0.262 e. The zero-order valence-electron chi connectivity index (χ0n) is 20.3. The predicted molar refractivity (Wildman–Crippen MR) is 138 cm³/mol. The summed E-state index contributed by atoms with van der Waals surface area (Å²) >= 11 is 0. The molecule has 6 nitrogen and oxygen atoms in total. The third-order valence-electron chi connectivity index (χ3n) is 6.06. The van der Waals surface area contributed by atoms with E-state index in [4.69, 9.17) is 9.47 Å². The van der Waals surface area contributed by atoms with Crippen LogP contribution in [0.3, 0.4) is 0 Å². The van der Waals surface area contributed by atoms with Crippen molar-refractivity contribution in [2.45, 2.75) is 20.4 Å². The molecule has 4 aromatic rings. The minimum Gasteiger partial charge on any atom is -0.497 e. The number of benzene rings is 3. The molecule has 0 fully saturated rings. The third-order valence-corrected chi connectivity index (χ3v) is 6.06. The van der Waals surface area contributed by atoms with Gasteiger partial charge in [0.2, 0.25) is 0 Å². The van der Waals surface area contributed by atoms with Crippen LogP contribution >= 0.6 is 0 Å². The molecule has 0 aliphatic heterocycles. The first kappa shape index (κ1) is 23.7. The van der Waals surface area contributed by atoms with Crippen molar-refractivity contribution < 1.29 is 14.3 Å². The van der Waals surface area contributed by atoms with E-state index < -0.39 is 5.91 Å². The van der Waals surface area contributed by atoms with Crippen molar-refractivity contribution in [3.8, 4) is 23.3 Å². The number of ether oxygens (including phenoxy) is 2. The maximum absolute atomic E-state index is 12.8. The summed E-state index contributed by atoms with van der Waals surface area (Å²) in [4.78, 5) is 12.8. The van der Waals surface area contributed by atoms with E-state index in [0.29, 0.717) is 11.5 Å². The monoisotopic (exact) mass is 465 g/mol. The van der Waals surface area contributed by atoms with Gasteiger partial charge in [0.05, 0.1) is 14.2 Å². The zero-order chi connectivity index (χ0) is 24.9. The van der Waals surface area contributed by atoms with Crippen LogP contribution in [-0.2, 0) is 11.3 Å². The molecule has 0 unspecified atom stereocenters. The van der Waals surface area contributed by atoms with Gasteiger partial charge in [-0.3, -0.25) is 4.79 Å². The molecule has 0 bridgehead atoms. The van der Waals surface area contributed by atoms with Gasteiger partial charge in [-0.1, -0.05) is 30.3 Å². The number of hydrogen-bond acceptors (Lipinski definition) is 4. The van der Waals surface area contributed by atoms with E-state index in [1.165, 1.54) is 5.39 Å². The average Bonchev–Trinajstić information content (AvgIpc) is 3.17. The highest BCUT2D eigenvalue weighted by atomic mass is 16.5. The van der Waals surface area contributed by atoms with Gasteiger partial charge >= 0.3 is 0 Å². The summed E-state index contributed by atoms with van der Waals surface area (Å²) in [5, 5.41) is 14.8. The topological polar surface area (TPSA) is 76.3 Å².